The standard InChI is InChI=1S/C15H26N4O2/c1-15(2,3)13(10-19-7-6-16-11-19)18-14(20)17-9-12-5-4-8-21-12/h6-7,11-13H,4-5,8-10H2,1-3H3,(H2,17,18,20)/t12-,13+/m0/s1. The number of nitrogens with one attached hydrogen (secondary N) is 2. The van der Waals surface area contributed by atoms with Crippen LogP contribution in [0.4, 0.5) is 4.79 Å². The van der Waals surface area contributed by atoms with E-state index >= 15 is 0 Å². The lowest BCUT2D eigenvalue weighted by Crippen LogP contribution is -2.51. The maximum Gasteiger partial charge on any atom is 0.315 e. The van der Waals surface area contributed by atoms with Gasteiger partial charge in [0.15, 0.2) is 0 Å². The molecule has 21 heavy (non-hydrogen) atoms. The van der Waals surface area contributed by atoms with E-state index in [9.17, 15) is 4.79 Å². The van der Waals surface area contributed by atoms with E-state index in [0.29, 0.717) is 13.1 Å². The number of rotatable bonds is 5. The zero-order chi connectivity index (χ0) is 15.3. The van der Waals surface area contributed by atoms with E-state index in [1.165, 1.54) is 0 Å². The van der Waals surface area contributed by atoms with Gasteiger partial charge in [-0.05, 0) is 18.3 Å². The second-order valence-electron chi connectivity index (χ2n) is 6.67. The molecule has 1 aliphatic heterocycles. The van der Waals surface area contributed by atoms with Gasteiger partial charge in [-0.25, -0.2) is 9.78 Å². The van der Waals surface area contributed by atoms with E-state index in [0.717, 1.165) is 19.4 Å². The van der Waals surface area contributed by atoms with Gasteiger partial charge in [0.25, 0.3) is 0 Å². The second kappa shape index (κ2) is 6.93. The van der Waals surface area contributed by atoms with Crippen molar-refractivity contribution in [3.8, 4) is 0 Å². The van der Waals surface area contributed by atoms with Gasteiger partial charge in [-0.2, -0.15) is 0 Å². The molecular formula is C15H26N4O2. The zero-order valence-electron chi connectivity index (χ0n) is 13.1. The molecule has 0 bridgehead atoms. The molecule has 1 fully saturated rings. The summed E-state index contributed by atoms with van der Waals surface area (Å²) in [5, 5.41) is 5.97. The van der Waals surface area contributed by atoms with Crippen molar-refractivity contribution in [1.29, 1.82) is 0 Å². The minimum atomic E-state index is -0.134. The number of hydrogen-bond acceptors (Lipinski definition) is 3. The summed E-state index contributed by atoms with van der Waals surface area (Å²) in [6, 6.07) is -0.110. The Morgan fingerprint density at radius 2 is 2.33 bits per heavy atom. The second-order valence-corrected chi connectivity index (χ2v) is 6.67. The van der Waals surface area contributed by atoms with Crippen LogP contribution in [-0.2, 0) is 11.3 Å². The number of nitrogens with zero attached hydrogens (tertiary/aromatic N) is 2. The van der Waals surface area contributed by atoms with Crippen molar-refractivity contribution in [3.63, 3.8) is 0 Å². The van der Waals surface area contributed by atoms with Crippen molar-refractivity contribution in [2.24, 2.45) is 5.41 Å². The van der Waals surface area contributed by atoms with Gasteiger partial charge in [0.05, 0.1) is 18.5 Å². The molecule has 1 aromatic heterocycles. The number of aromatic nitrogens is 2. The van der Waals surface area contributed by atoms with Gasteiger partial charge in [-0.3, -0.25) is 0 Å². The van der Waals surface area contributed by atoms with Gasteiger partial charge in [0.1, 0.15) is 0 Å². The highest BCUT2D eigenvalue weighted by atomic mass is 16.5. The van der Waals surface area contributed by atoms with Crippen LogP contribution in [0.5, 0.6) is 0 Å². The molecule has 2 atom stereocenters. The maximum absolute atomic E-state index is 12.1. The van der Waals surface area contributed by atoms with Crippen LogP contribution in [0.25, 0.3) is 0 Å². The molecule has 0 radical (unpaired) electrons. The molecule has 0 unspecified atom stereocenters. The third kappa shape index (κ3) is 5.04. The molecule has 0 spiro atoms. The molecule has 118 valence electrons. The quantitative estimate of drug-likeness (QED) is 0.869. The molecule has 1 aromatic rings. The zero-order valence-corrected chi connectivity index (χ0v) is 13.1. The van der Waals surface area contributed by atoms with Crippen molar-refractivity contribution in [3.05, 3.63) is 18.7 Å². The maximum atomic E-state index is 12.1. The van der Waals surface area contributed by atoms with E-state index < -0.39 is 0 Å². The first-order chi connectivity index (χ1) is 9.95. The summed E-state index contributed by atoms with van der Waals surface area (Å²) in [7, 11) is 0. The number of imidazole rings is 1. The van der Waals surface area contributed by atoms with Crippen molar-refractivity contribution < 1.29 is 9.53 Å². The molecule has 0 aromatic carbocycles. The predicted molar refractivity (Wildman–Crippen MR) is 81.0 cm³/mol. The Bertz CT molecular complexity index is 433. The van der Waals surface area contributed by atoms with Gasteiger partial charge in [-0.15, -0.1) is 0 Å². The summed E-state index contributed by atoms with van der Waals surface area (Å²) >= 11 is 0. The summed E-state index contributed by atoms with van der Waals surface area (Å²) in [6.45, 7) is 8.45. The first kappa shape index (κ1) is 15.8. The van der Waals surface area contributed by atoms with Crippen molar-refractivity contribution in [2.75, 3.05) is 13.2 Å². The van der Waals surface area contributed by atoms with Crippen molar-refractivity contribution in [1.82, 2.24) is 20.2 Å². The first-order valence-electron chi connectivity index (χ1n) is 7.57. The molecule has 2 N–H and O–H groups in total. The average molecular weight is 294 g/mol. The Balaban J connectivity index is 1.84. The van der Waals surface area contributed by atoms with Gasteiger partial charge in [0.2, 0.25) is 0 Å². The van der Waals surface area contributed by atoms with Gasteiger partial charge in [0, 0.05) is 32.1 Å². The molecule has 2 rings (SSSR count). The summed E-state index contributed by atoms with van der Waals surface area (Å²) < 4.78 is 7.49. The normalized spacial score (nSPS) is 20.2. The van der Waals surface area contributed by atoms with Crippen LogP contribution in [0.1, 0.15) is 33.6 Å². The molecule has 0 aliphatic carbocycles. The van der Waals surface area contributed by atoms with Gasteiger partial charge < -0.3 is 19.9 Å². The van der Waals surface area contributed by atoms with E-state index in [1.807, 2.05) is 10.8 Å². The fraction of sp³-hybridized carbons (Fsp3) is 0.733. The highest BCUT2D eigenvalue weighted by Crippen LogP contribution is 2.20. The third-order valence-corrected chi connectivity index (χ3v) is 3.82. The van der Waals surface area contributed by atoms with E-state index in [-0.39, 0.29) is 23.6 Å². The van der Waals surface area contributed by atoms with Crippen LogP contribution in [0, 0.1) is 5.41 Å². The SMILES string of the molecule is CC(C)(C)[C@@H](Cn1ccnc1)NC(=O)NC[C@@H]1CCCO1. The molecular weight excluding hydrogens is 268 g/mol. The Kier molecular flexibility index (Phi) is 5.22. The first-order valence-corrected chi connectivity index (χ1v) is 7.57. The van der Waals surface area contributed by atoms with Crippen LogP contribution in [-0.4, -0.2) is 40.9 Å². The highest BCUT2D eigenvalue weighted by molar-refractivity contribution is 5.74. The summed E-state index contributed by atoms with van der Waals surface area (Å²) in [5.74, 6) is 0. The predicted octanol–water partition coefficient (Wildman–Crippen LogP) is 1.78. The minimum absolute atomic E-state index is 0.0243. The molecule has 6 heteroatoms. The number of hydrogen-bond donors (Lipinski definition) is 2. The molecule has 1 aliphatic rings. The molecule has 2 heterocycles. The Morgan fingerprint density at radius 3 is 2.90 bits per heavy atom. The number of carbonyl (C=O) groups excluding carboxylic acids is 1. The Labute approximate surface area is 126 Å². The fourth-order valence-electron chi connectivity index (χ4n) is 2.36. The van der Waals surface area contributed by atoms with E-state index in [1.54, 1.807) is 12.5 Å². The topological polar surface area (TPSA) is 68.2 Å². The lowest BCUT2D eigenvalue weighted by Gasteiger charge is -2.32. The van der Waals surface area contributed by atoms with Crippen LogP contribution < -0.4 is 10.6 Å². The lowest BCUT2D eigenvalue weighted by atomic mass is 9.86. The average Bonchev–Trinajstić information content (AvgIpc) is 3.07. The number of amides is 2. The van der Waals surface area contributed by atoms with Crippen molar-refractivity contribution >= 4 is 6.03 Å². The molecule has 6 nitrogen and oxygen atoms in total. The van der Waals surface area contributed by atoms with Crippen LogP contribution >= 0.6 is 0 Å². The van der Waals surface area contributed by atoms with Gasteiger partial charge in [-0.1, -0.05) is 20.8 Å². The lowest BCUT2D eigenvalue weighted by molar-refractivity contribution is 0.110. The van der Waals surface area contributed by atoms with Crippen LogP contribution in [0.15, 0.2) is 18.7 Å². The van der Waals surface area contributed by atoms with E-state index in [2.05, 4.69) is 36.4 Å². The van der Waals surface area contributed by atoms with E-state index in [4.69, 9.17) is 4.74 Å². The Hall–Kier alpha value is -1.56. The fourth-order valence-corrected chi connectivity index (χ4v) is 2.36. The summed E-state index contributed by atoms with van der Waals surface area (Å²) in [6.07, 6.45) is 7.70. The van der Waals surface area contributed by atoms with Gasteiger partial charge >= 0.3 is 6.03 Å². The van der Waals surface area contributed by atoms with Crippen LogP contribution in [0.2, 0.25) is 0 Å². The number of ether oxygens (including phenoxy) is 1. The molecule has 2 amide bonds. The summed E-state index contributed by atoms with van der Waals surface area (Å²) in [5.41, 5.74) is -0.0362. The largest absolute Gasteiger partial charge is 0.376 e. The Morgan fingerprint density at radius 1 is 1.52 bits per heavy atom. The molecule has 0 saturated carbocycles. The number of carbonyl (C=O) groups is 1. The van der Waals surface area contributed by atoms with Crippen LogP contribution in [0.3, 0.4) is 0 Å². The minimum Gasteiger partial charge on any atom is -0.376 e. The smallest absolute Gasteiger partial charge is 0.315 e. The molecule has 1 saturated heterocycles. The monoisotopic (exact) mass is 294 g/mol. The summed E-state index contributed by atoms with van der Waals surface area (Å²) in [4.78, 5) is 16.1. The third-order valence-electron chi connectivity index (χ3n) is 3.82. The van der Waals surface area contributed by atoms with Crippen molar-refractivity contribution in [2.45, 2.75) is 52.3 Å². The number of urea groups is 1. The highest BCUT2D eigenvalue weighted by Gasteiger charge is 2.27.